The topological polar surface area (TPSA) is 131 Å². The van der Waals surface area contributed by atoms with Gasteiger partial charge in [0.15, 0.2) is 17.6 Å². The standard InChI is InChI=1S/C22H20FN7O2S/c1-3-6-32-16-10-26-17-14(29-16)4-5-25-19(17)28-12-7-13(18(23)27-9-12)21(2)15-8-22(15,11-31)33-20(24)30-21/h1,4-5,7,9-10,15,31H,6,8,11H2,2H3,(H2,24,30)(H,25,28)/t15-,21+,22+/m0/s1. The fourth-order valence-corrected chi connectivity index (χ4v) is 5.65. The Hall–Kier alpha value is -3.49. The average Bonchev–Trinajstić information content (AvgIpc) is 3.55. The number of pyridine rings is 2. The zero-order valence-electron chi connectivity index (χ0n) is 17.6. The summed E-state index contributed by atoms with van der Waals surface area (Å²) in [4.78, 5) is 21.6. The first-order chi connectivity index (χ1) is 15.9. The molecule has 33 heavy (non-hydrogen) atoms. The van der Waals surface area contributed by atoms with Crippen molar-refractivity contribution in [3.8, 4) is 18.2 Å². The molecule has 1 aliphatic heterocycles. The number of rotatable bonds is 6. The van der Waals surface area contributed by atoms with Gasteiger partial charge in [-0.15, -0.1) is 6.42 Å². The van der Waals surface area contributed by atoms with E-state index in [2.05, 4.69) is 36.2 Å². The van der Waals surface area contributed by atoms with Gasteiger partial charge in [-0.3, -0.25) is 4.99 Å². The summed E-state index contributed by atoms with van der Waals surface area (Å²) in [5, 5.41) is 13.4. The van der Waals surface area contributed by atoms with Gasteiger partial charge in [-0.25, -0.2) is 19.9 Å². The van der Waals surface area contributed by atoms with Gasteiger partial charge in [0.2, 0.25) is 11.8 Å². The van der Waals surface area contributed by atoms with Crippen LogP contribution >= 0.6 is 11.8 Å². The molecule has 0 saturated heterocycles. The van der Waals surface area contributed by atoms with Crippen molar-refractivity contribution in [2.75, 3.05) is 18.5 Å². The smallest absolute Gasteiger partial charge is 0.233 e. The second-order valence-electron chi connectivity index (χ2n) is 8.09. The number of hydrogen-bond donors (Lipinski definition) is 3. The number of amidine groups is 1. The third-order valence-electron chi connectivity index (χ3n) is 6.01. The summed E-state index contributed by atoms with van der Waals surface area (Å²) in [5.41, 5.74) is 6.95. The Morgan fingerprint density at radius 3 is 3.03 bits per heavy atom. The van der Waals surface area contributed by atoms with Crippen molar-refractivity contribution < 1.29 is 14.2 Å². The quantitative estimate of drug-likeness (QED) is 0.371. The molecule has 1 saturated carbocycles. The van der Waals surface area contributed by atoms with Gasteiger partial charge < -0.3 is 20.9 Å². The zero-order chi connectivity index (χ0) is 23.2. The monoisotopic (exact) mass is 465 g/mol. The molecule has 4 N–H and O–H groups in total. The van der Waals surface area contributed by atoms with Crippen LogP contribution in [0.15, 0.2) is 35.7 Å². The highest BCUT2D eigenvalue weighted by atomic mass is 32.2. The third kappa shape index (κ3) is 3.61. The molecule has 5 rings (SSSR count). The molecule has 0 amide bonds. The maximum atomic E-state index is 14.9. The largest absolute Gasteiger partial charge is 0.463 e. The van der Waals surface area contributed by atoms with Gasteiger partial charge in [0.25, 0.3) is 0 Å². The molecule has 1 aliphatic carbocycles. The average molecular weight is 466 g/mol. The summed E-state index contributed by atoms with van der Waals surface area (Å²) in [6.07, 6.45) is 10.3. The first-order valence-corrected chi connectivity index (χ1v) is 11.0. The highest BCUT2D eigenvalue weighted by Crippen LogP contribution is 2.65. The molecule has 1 fully saturated rings. The molecule has 4 heterocycles. The lowest BCUT2D eigenvalue weighted by Gasteiger charge is -2.33. The fourth-order valence-electron chi connectivity index (χ4n) is 4.32. The second kappa shape index (κ2) is 7.83. The summed E-state index contributed by atoms with van der Waals surface area (Å²) < 4.78 is 19.8. The Morgan fingerprint density at radius 2 is 2.24 bits per heavy atom. The normalized spacial score (nSPS) is 25.6. The summed E-state index contributed by atoms with van der Waals surface area (Å²) >= 11 is 1.35. The van der Waals surface area contributed by atoms with Crippen LogP contribution in [0.3, 0.4) is 0 Å². The minimum Gasteiger partial charge on any atom is -0.463 e. The molecule has 0 unspecified atom stereocenters. The minimum atomic E-state index is -0.942. The van der Waals surface area contributed by atoms with Crippen molar-refractivity contribution in [1.29, 1.82) is 0 Å². The first-order valence-electron chi connectivity index (χ1n) is 10.1. The van der Waals surface area contributed by atoms with Gasteiger partial charge in [0.05, 0.1) is 40.5 Å². The lowest BCUT2D eigenvalue weighted by atomic mass is 9.86. The number of nitrogens with zero attached hydrogens (tertiary/aromatic N) is 5. The lowest BCUT2D eigenvalue weighted by molar-refractivity contribution is 0.265. The minimum absolute atomic E-state index is 0.0488. The lowest BCUT2D eigenvalue weighted by Crippen LogP contribution is -2.37. The van der Waals surface area contributed by atoms with Crippen LogP contribution in [0.4, 0.5) is 15.9 Å². The molecule has 0 radical (unpaired) electrons. The van der Waals surface area contributed by atoms with Gasteiger partial charge >= 0.3 is 0 Å². The van der Waals surface area contributed by atoms with Crippen LogP contribution < -0.4 is 15.8 Å². The van der Waals surface area contributed by atoms with Crippen molar-refractivity contribution in [2.45, 2.75) is 23.6 Å². The number of anilines is 2. The van der Waals surface area contributed by atoms with E-state index in [1.54, 1.807) is 18.3 Å². The van der Waals surface area contributed by atoms with Crippen molar-refractivity contribution >= 4 is 39.5 Å². The Kier molecular flexibility index (Phi) is 5.07. The number of terminal acetylenes is 1. The van der Waals surface area contributed by atoms with Gasteiger partial charge in [0.1, 0.15) is 5.52 Å². The van der Waals surface area contributed by atoms with Gasteiger partial charge in [0, 0.05) is 17.7 Å². The van der Waals surface area contributed by atoms with Crippen molar-refractivity contribution in [1.82, 2.24) is 19.9 Å². The van der Waals surface area contributed by atoms with Crippen molar-refractivity contribution in [3.05, 3.63) is 42.2 Å². The number of aliphatic imine (C=N–C) groups is 1. The van der Waals surface area contributed by atoms with E-state index in [1.807, 2.05) is 6.92 Å². The van der Waals surface area contributed by atoms with Gasteiger partial charge in [-0.05, 0) is 25.5 Å². The SMILES string of the molecule is C#CCOc1cnc2c(Nc3cnc(F)c([C@@]4(C)N=C(N)S[C@@]5(CO)C[C@H]54)c3)nccc2n1. The highest BCUT2D eigenvalue weighted by molar-refractivity contribution is 8.15. The molecule has 0 spiro atoms. The van der Waals surface area contributed by atoms with Gasteiger partial charge in [-0.2, -0.15) is 4.39 Å². The Morgan fingerprint density at radius 1 is 1.39 bits per heavy atom. The van der Waals surface area contributed by atoms with Crippen LogP contribution in [0, 0.1) is 24.2 Å². The number of fused-ring (bicyclic) bond motifs is 2. The van der Waals surface area contributed by atoms with Crippen LogP contribution in [-0.2, 0) is 5.54 Å². The number of aliphatic hydroxyl groups is 1. The van der Waals surface area contributed by atoms with E-state index in [0.717, 1.165) is 0 Å². The Labute approximate surface area is 193 Å². The van der Waals surface area contributed by atoms with Crippen LogP contribution in [-0.4, -0.2) is 48.2 Å². The molecule has 3 aromatic rings. The molecule has 9 nitrogen and oxygen atoms in total. The summed E-state index contributed by atoms with van der Waals surface area (Å²) in [6.45, 7) is 1.86. The number of nitrogens with one attached hydrogen (secondary N) is 1. The number of nitrogens with two attached hydrogens (primary N) is 1. The van der Waals surface area contributed by atoms with E-state index in [9.17, 15) is 9.50 Å². The Balaban J connectivity index is 1.49. The van der Waals surface area contributed by atoms with Crippen LogP contribution in [0.1, 0.15) is 18.9 Å². The molecule has 2 aliphatic rings. The zero-order valence-corrected chi connectivity index (χ0v) is 18.4. The fraction of sp³-hybridized carbons (Fsp3) is 0.318. The summed E-state index contributed by atoms with van der Waals surface area (Å²) in [7, 11) is 0. The molecule has 3 aromatic heterocycles. The predicted molar refractivity (Wildman–Crippen MR) is 124 cm³/mol. The van der Waals surface area contributed by atoms with Crippen molar-refractivity contribution in [3.63, 3.8) is 0 Å². The molecule has 0 aromatic carbocycles. The number of ether oxygens (including phenoxy) is 1. The molecule has 0 bridgehead atoms. The third-order valence-corrected chi connectivity index (χ3v) is 7.30. The Bertz CT molecular complexity index is 1330. The number of aromatic nitrogens is 4. The van der Waals surface area contributed by atoms with Gasteiger partial charge in [-0.1, -0.05) is 17.7 Å². The van der Waals surface area contributed by atoms with E-state index >= 15 is 0 Å². The summed E-state index contributed by atoms with van der Waals surface area (Å²) in [5.74, 6) is 2.42. The predicted octanol–water partition coefficient (Wildman–Crippen LogP) is 2.34. The van der Waals surface area contributed by atoms with E-state index in [-0.39, 0.29) is 19.1 Å². The maximum absolute atomic E-state index is 14.9. The molecular weight excluding hydrogens is 445 g/mol. The number of halogens is 1. The summed E-state index contributed by atoms with van der Waals surface area (Å²) in [6, 6.07) is 3.35. The number of hydrogen-bond acceptors (Lipinski definition) is 10. The van der Waals surface area contributed by atoms with E-state index in [0.29, 0.717) is 45.6 Å². The molecule has 3 atom stereocenters. The van der Waals surface area contributed by atoms with Crippen LogP contribution in [0.2, 0.25) is 0 Å². The maximum Gasteiger partial charge on any atom is 0.233 e. The molecule has 11 heteroatoms. The highest BCUT2D eigenvalue weighted by Gasteiger charge is 2.66. The number of thioether (sulfide) groups is 1. The van der Waals surface area contributed by atoms with Crippen molar-refractivity contribution in [2.24, 2.45) is 16.6 Å². The first kappa shape index (κ1) is 21.4. The van der Waals surface area contributed by atoms with E-state index < -0.39 is 16.2 Å². The van der Waals surface area contributed by atoms with E-state index in [1.165, 1.54) is 24.2 Å². The second-order valence-corrected chi connectivity index (χ2v) is 9.53. The molecule has 168 valence electrons. The number of aliphatic hydroxyl groups excluding tert-OH is 1. The van der Waals surface area contributed by atoms with E-state index in [4.69, 9.17) is 16.9 Å². The van der Waals surface area contributed by atoms with Crippen LogP contribution in [0.5, 0.6) is 5.88 Å². The van der Waals surface area contributed by atoms with Crippen LogP contribution in [0.25, 0.3) is 11.0 Å². The molecular formula is C22H20FN7O2S.